The van der Waals surface area contributed by atoms with Crippen LogP contribution in [0.1, 0.15) is 42.5 Å². The summed E-state index contributed by atoms with van der Waals surface area (Å²) < 4.78 is 7.24. The molecule has 0 bridgehead atoms. The fourth-order valence-electron chi connectivity index (χ4n) is 3.44. The van der Waals surface area contributed by atoms with E-state index in [1.165, 1.54) is 20.0 Å². The Hall–Kier alpha value is -2.47. The predicted molar refractivity (Wildman–Crippen MR) is 109 cm³/mol. The van der Waals surface area contributed by atoms with Crippen molar-refractivity contribution in [2.45, 2.75) is 32.1 Å². The van der Waals surface area contributed by atoms with Crippen molar-refractivity contribution in [2.24, 2.45) is 0 Å². The van der Waals surface area contributed by atoms with Gasteiger partial charge in [-0.25, -0.2) is 0 Å². The largest absolute Gasteiger partial charge is 0.496 e. The number of benzene rings is 1. The van der Waals surface area contributed by atoms with Crippen LogP contribution < -0.4 is 10.1 Å². The van der Waals surface area contributed by atoms with Gasteiger partial charge >= 0.3 is 0 Å². The molecule has 2 heterocycles. The quantitative estimate of drug-likeness (QED) is 0.800. The molecule has 1 N–H and O–H groups in total. The number of nitrogens with one attached hydrogen (secondary N) is 1. The van der Waals surface area contributed by atoms with E-state index < -0.39 is 0 Å². The molecule has 28 heavy (non-hydrogen) atoms. The summed E-state index contributed by atoms with van der Waals surface area (Å²) in [5.74, 6) is 0.223. The SMILES string of the molecule is COc1cc(-n2cccc2)c(Cl)cc1C(=O)NCCC(=O)N1CCCCCC1. The molecule has 0 aliphatic carbocycles. The minimum atomic E-state index is -0.304. The number of rotatable bonds is 6. The highest BCUT2D eigenvalue weighted by Gasteiger charge is 2.18. The van der Waals surface area contributed by atoms with Gasteiger partial charge in [-0.2, -0.15) is 0 Å². The Kier molecular flexibility index (Phi) is 6.98. The average molecular weight is 404 g/mol. The Morgan fingerprint density at radius 3 is 2.43 bits per heavy atom. The molecule has 0 spiro atoms. The molecule has 0 atom stereocenters. The first-order valence-corrected chi connectivity index (χ1v) is 10.0. The van der Waals surface area contributed by atoms with Crippen molar-refractivity contribution < 1.29 is 14.3 Å². The summed E-state index contributed by atoms with van der Waals surface area (Å²) in [6.45, 7) is 1.92. The molecule has 6 nitrogen and oxygen atoms in total. The monoisotopic (exact) mass is 403 g/mol. The maximum Gasteiger partial charge on any atom is 0.255 e. The van der Waals surface area contributed by atoms with E-state index in [0.717, 1.165) is 31.6 Å². The van der Waals surface area contributed by atoms with E-state index >= 15 is 0 Å². The van der Waals surface area contributed by atoms with Gasteiger partial charge in [-0.3, -0.25) is 9.59 Å². The molecule has 0 radical (unpaired) electrons. The number of aromatic nitrogens is 1. The first-order valence-electron chi connectivity index (χ1n) is 9.67. The molecule has 1 aromatic heterocycles. The molecule has 2 amide bonds. The molecule has 1 fully saturated rings. The fourth-order valence-corrected chi connectivity index (χ4v) is 3.70. The first-order chi connectivity index (χ1) is 13.6. The highest BCUT2D eigenvalue weighted by Crippen LogP contribution is 2.30. The third kappa shape index (κ3) is 4.87. The lowest BCUT2D eigenvalue weighted by atomic mass is 10.1. The Bertz CT molecular complexity index is 813. The van der Waals surface area contributed by atoms with Crippen molar-refractivity contribution in [3.8, 4) is 11.4 Å². The van der Waals surface area contributed by atoms with Gasteiger partial charge in [0, 0.05) is 44.5 Å². The van der Waals surface area contributed by atoms with Gasteiger partial charge < -0.3 is 19.5 Å². The molecule has 1 saturated heterocycles. The maximum atomic E-state index is 12.6. The minimum Gasteiger partial charge on any atom is -0.496 e. The normalized spacial score (nSPS) is 14.4. The zero-order valence-corrected chi connectivity index (χ0v) is 16.9. The molecule has 150 valence electrons. The maximum absolute atomic E-state index is 12.6. The zero-order chi connectivity index (χ0) is 19.9. The number of amides is 2. The molecular formula is C21H26ClN3O3. The van der Waals surface area contributed by atoms with Crippen LogP contribution in [0.5, 0.6) is 5.75 Å². The molecule has 1 aliphatic heterocycles. The lowest BCUT2D eigenvalue weighted by Gasteiger charge is -2.20. The highest BCUT2D eigenvalue weighted by molar-refractivity contribution is 6.33. The van der Waals surface area contributed by atoms with E-state index in [1.54, 1.807) is 12.1 Å². The van der Waals surface area contributed by atoms with E-state index in [0.29, 0.717) is 22.8 Å². The van der Waals surface area contributed by atoms with Gasteiger partial charge in [-0.1, -0.05) is 24.4 Å². The third-order valence-corrected chi connectivity index (χ3v) is 5.28. The van der Waals surface area contributed by atoms with Gasteiger partial charge in [-0.15, -0.1) is 0 Å². The van der Waals surface area contributed by atoms with E-state index in [2.05, 4.69) is 5.32 Å². The van der Waals surface area contributed by atoms with Crippen molar-refractivity contribution in [1.82, 2.24) is 14.8 Å². The molecule has 0 unspecified atom stereocenters. The first kappa shape index (κ1) is 20.3. The number of ether oxygens (including phenoxy) is 1. The summed E-state index contributed by atoms with van der Waals surface area (Å²) >= 11 is 6.38. The smallest absolute Gasteiger partial charge is 0.255 e. The Balaban J connectivity index is 1.62. The van der Waals surface area contributed by atoms with Crippen molar-refractivity contribution >= 4 is 23.4 Å². The molecule has 3 rings (SSSR count). The minimum absolute atomic E-state index is 0.0927. The molecule has 0 saturated carbocycles. The van der Waals surface area contributed by atoms with E-state index in [1.807, 2.05) is 34.0 Å². The van der Waals surface area contributed by atoms with E-state index in [-0.39, 0.29) is 18.4 Å². The second kappa shape index (κ2) is 9.64. The molecule has 2 aromatic rings. The fraction of sp³-hybridized carbons (Fsp3) is 0.429. The molecule has 1 aliphatic rings. The lowest BCUT2D eigenvalue weighted by Crippen LogP contribution is -2.35. The summed E-state index contributed by atoms with van der Waals surface area (Å²) in [7, 11) is 1.52. The number of carbonyl (C=O) groups excluding carboxylic acids is 2. The molecular weight excluding hydrogens is 378 g/mol. The van der Waals surface area contributed by atoms with Crippen LogP contribution >= 0.6 is 11.6 Å². The summed E-state index contributed by atoms with van der Waals surface area (Å²) in [4.78, 5) is 26.9. The van der Waals surface area contributed by atoms with Crippen molar-refractivity contribution in [1.29, 1.82) is 0 Å². The number of hydrogen-bond acceptors (Lipinski definition) is 3. The van der Waals surface area contributed by atoms with Crippen molar-refractivity contribution in [2.75, 3.05) is 26.7 Å². The number of nitrogens with zero attached hydrogens (tertiary/aromatic N) is 2. The van der Waals surface area contributed by atoms with Gasteiger partial charge in [0.1, 0.15) is 5.75 Å². The van der Waals surface area contributed by atoms with Gasteiger partial charge in [0.25, 0.3) is 5.91 Å². The van der Waals surface area contributed by atoms with Crippen LogP contribution in [0.15, 0.2) is 36.7 Å². The summed E-state index contributed by atoms with van der Waals surface area (Å²) in [5.41, 5.74) is 1.09. The Labute approximate surface area is 170 Å². The number of halogens is 1. The number of methoxy groups -OCH3 is 1. The highest BCUT2D eigenvalue weighted by atomic mass is 35.5. The van der Waals surface area contributed by atoms with E-state index in [4.69, 9.17) is 16.3 Å². The third-order valence-electron chi connectivity index (χ3n) is 4.98. The van der Waals surface area contributed by atoms with Gasteiger partial charge in [0.2, 0.25) is 5.91 Å². The Morgan fingerprint density at radius 1 is 1.11 bits per heavy atom. The standard InChI is InChI=1S/C21H26ClN3O3/c1-28-19-15-18(24-10-6-7-11-24)17(22)14-16(19)21(27)23-9-8-20(26)25-12-4-2-3-5-13-25/h6-7,10-11,14-15H,2-5,8-9,12-13H2,1H3,(H,23,27). The van der Waals surface area contributed by atoms with Crippen LogP contribution in [0.25, 0.3) is 5.69 Å². The van der Waals surface area contributed by atoms with Crippen LogP contribution in [-0.2, 0) is 4.79 Å². The predicted octanol–water partition coefficient (Wildman–Crippen LogP) is 3.66. The zero-order valence-electron chi connectivity index (χ0n) is 16.1. The second-order valence-corrected chi connectivity index (χ2v) is 7.30. The van der Waals surface area contributed by atoms with Crippen LogP contribution in [0.3, 0.4) is 0 Å². The summed E-state index contributed by atoms with van der Waals surface area (Å²) in [6.07, 6.45) is 8.51. The number of likely N-dealkylation sites (tertiary alicyclic amines) is 1. The van der Waals surface area contributed by atoms with E-state index in [9.17, 15) is 9.59 Å². The summed E-state index contributed by atoms with van der Waals surface area (Å²) in [6, 6.07) is 7.12. The second-order valence-electron chi connectivity index (χ2n) is 6.90. The number of hydrogen-bond donors (Lipinski definition) is 1. The molecule has 7 heteroatoms. The van der Waals surface area contributed by atoms with Crippen molar-refractivity contribution in [3.63, 3.8) is 0 Å². The van der Waals surface area contributed by atoms with Gasteiger partial charge in [0.05, 0.1) is 23.4 Å². The van der Waals surface area contributed by atoms with Gasteiger partial charge in [-0.05, 0) is 31.0 Å². The topological polar surface area (TPSA) is 63.6 Å². The van der Waals surface area contributed by atoms with Crippen LogP contribution in [0.2, 0.25) is 5.02 Å². The van der Waals surface area contributed by atoms with Gasteiger partial charge in [0.15, 0.2) is 0 Å². The average Bonchev–Trinajstić information content (AvgIpc) is 3.09. The Morgan fingerprint density at radius 2 is 1.79 bits per heavy atom. The number of carbonyl (C=O) groups is 2. The van der Waals surface area contributed by atoms with Crippen molar-refractivity contribution in [3.05, 3.63) is 47.2 Å². The lowest BCUT2D eigenvalue weighted by molar-refractivity contribution is -0.131. The molecule has 1 aromatic carbocycles. The van der Waals surface area contributed by atoms with Crippen LogP contribution in [-0.4, -0.2) is 48.0 Å². The van der Waals surface area contributed by atoms with Crippen LogP contribution in [0.4, 0.5) is 0 Å². The van der Waals surface area contributed by atoms with Crippen LogP contribution in [0, 0.1) is 0 Å². The summed E-state index contributed by atoms with van der Waals surface area (Å²) in [5, 5.41) is 3.26.